The Kier molecular flexibility index (Phi) is 5.53. The van der Waals surface area contributed by atoms with Gasteiger partial charge in [-0.3, -0.25) is 4.79 Å². The van der Waals surface area contributed by atoms with E-state index in [0.29, 0.717) is 0 Å². The van der Waals surface area contributed by atoms with Gasteiger partial charge in [0.1, 0.15) is 18.1 Å². The summed E-state index contributed by atoms with van der Waals surface area (Å²) in [4.78, 5) is 26.3. The lowest BCUT2D eigenvalue weighted by molar-refractivity contribution is -0.119. The second-order valence-corrected chi connectivity index (χ2v) is 6.77. The van der Waals surface area contributed by atoms with Gasteiger partial charge in [-0.2, -0.15) is 0 Å². The molecule has 2 aliphatic heterocycles. The molecule has 2 aliphatic rings. The maximum atomic E-state index is 13.1. The molecule has 1 fully saturated rings. The maximum Gasteiger partial charge on any atom is 0.249 e. The zero-order chi connectivity index (χ0) is 16.9. The SMILES string of the molecule is CCCC[C@@H]1Nc2ncnc(N3CCCC3)c2N(CCCC)C1=O. The van der Waals surface area contributed by atoms with Crippen LogP contribution in [-0.4, -0.2) is 41.6 Å². The van der Waals surface area contributed by atoms with Gasteiger partial charge in [0.2, 0.25) is 5.91 Å². The Labute approximate surface area is 144 Å². The number of carbonyl (C=O) groups is 1. The Bertz CT molecular complexity index is 571. The number of rotatable bonds is 7. The highest BCUT2D eigenvalue weighted by molar-refractivity contribution is 6.06. The van der Waals surface area contributed by atoms with Crippen LogP contribution in [0.25, 0.3) is 0 Å². The third-order valence-corrected chi connectivity index (χ3v) is 4.94. The van der Waals surface area contributed by atoms with Crippen LogP contribution in [0.3, 0.4) is 0 Å². The van der Waals surface area contributed by atoms with E-state index in [1.165, 1.54) is 12.8 Å². The van der Waals surface area contributed by atoms with Crippen LogP contribution in [0.1, 0.15) is 58.8 Å². The number of aromatic nitrogens is 2. The highest BCUT2D eigenvalue weighted by Gasteiger charge is 2.36. The number of anilines is 3. The average molecular weight is 331 g/mol. The summed E-state index contributed by atoms with van der Waals surface area (Å²) in [6, 6.07) is -0.157. The number of carbonyl (C=O) groups excluding carboxylic acids is 1. The molecular weight excluding hydrogens is 302 g/mol. The predicted molar refractivity (Wildman–Crippen MR) is 97.7 cm³/mol. The molecule has 1 N–H and O–H groups in total. The van der Waals surface area contributed by atoms with Crippen LogP contribution in [0.4, 0.5) is 17.3 Å². The van der Waals surface area contributed by atoms with E-state index in [1.54, 1.807) is 6.33 Å². The van der Waals surface area contributed by atoms with Crippen molar-refractivity contribution < 1.29 is 4.79 Å². The first kappa shape index (κ1) is 17.0. The fourth-order valence-corrected chi connectivity index (χ4v) is 3.55. The lowest BCUT2D eigenvalue weighted by Gasteiger charge is -2.36. The molecule has 3 heterocycles. The Morgan fingerprint density at radius 3 is 2.62 bits per heavy atom. The summed E-state index contributed by atoms with van der Waals surface area (Å²) in [5, 5.41) is 3.38. The Morgan fingerprint density at radius 1 is 1.17 bits per heavy atom. The molecule has 3 rings (SSSR count). The van der Waals surface area contributed by atoms with Crippen LogP contribution in [0.2, 0.25) is 0 Å². The van der Waals surface area contributed by atoms with E-state index >= 15 is 0 Å². The van der Waals surface area contributed by atoms with Crippen molar-refractivity contribution in [2.75, 3.05) is 34.8 Å². The second-order valence-electron chi connectivity index (χ2n) is 6.77. The van der Waals surface area contributed by atoms with Crippen molar-refractivity contribution in [2.24, 2.45) is 0 Å². The van der Waals surface area contributed by atoms with Crippen LogP contribution in [0, 0.1) is 0 Å². The molecule has 0 saturated carbocycles. The summed E-state index contributed by atoms with van der Waals surface area (Å²) in [6.45, 7) is 7.09. The number of nitrogens with zero attached hydrogens (tertiary/aromatic N) is 4. The highest BCUT2D eigenvalue weighted by Crippen LogP contribution is 2.39. The van der Waals surface area contributed by atoms with Crippen molar-refractivity contribution in [1.29, 1.82) is 0 Å². The third-order valence-electron chi connectivity index (χ3n) is 4.94. The maximum absolute atomic E-state index is 13.1. The van der Waals surface area contributed by atoms with Gasteiger partial charge >= 0.3 is 0 Å². The first-order valence-corrected chi connectivity index (χ1v) is 9.44. The summed E-state index contributed by atoms with van der Waals surface area (Å²) in [5.74, 6) is 1.92. The molecule has 132 valence electrons. The Balaban J connectivity index is 1.95. The van der Waals surface area contributed by atoms with Gasteiger partial charge in [-0.15, -0.1) is 0 Å². The monoisotopic (exact) mass is 331 g/mol. The molecule has 1 aromatic heterocycles. The van der Waals surface area contributed by atoms with Crippen LogP contribution in [0.5, 0.6) is 0 Å². The summed E-state index contributed by atoms with van der Waals surface area (Å²) in [5.41, 5.74) is 0.894. The fourth-order valence-electron chi connectivity index (χ4n) is 3.55. The Hall–Kier alpha value is -1.85. The third kappa shape index (κ3) is 3.32. The van der Waals surface area contributed by atoms with Crippen LogP contribution in [0.15, 0.2) is 6.33 Å². The van der Waals surface area contributed by atoms with Gasteiger partial charge < -0.3 is 15.1 Å². The van der Waals surface area contributed by atoms with Crippen molar-refractivity contribution in [3.8, 4) is 0 Å². The minimum atomic E-state index is -0.157. The molecule has 0 bridgehead atoms. The summed E-state index contributed by atoms with van der Waals surface area (Å²) in [6.07, 6.45) is 9.08. The van der Waals surface area contributed by atoms with Crippen molar-refractivity contribution in [2.45, 2.75) is 64.8 Å². The van der Waals surface area contributed by atoms with Crippen LogP contribution < -0.4 is 15.1 Å². The van der Waals surface area contributed by atoms with E-state index in [-0.39, 0.29) is 11.9 Å². The molecular formula is C18H29N5O. The minimum Gasteiger partial charge on any atom is -0.356 e. The lowest BCUT2D eigenvalue weighted by Crippen LogP contribution is -2.48. The van der Waals surface area contributed by atoms with E-state index < -0.39 is 0 Å². The molecule has 24 heavy (non-hydrogen) atoms. The normalized spacial score (nSPS) is 20.2. The molecule has 0 aliphatic carbocycles. The van der Waals surface area contributed by atoms with Gasteiger partial charge in [-0.25, -0.2) is 9.97 Å². The zero-order valence-corrected chi connectivity index (χ0v) is 14.9. The first-order chi connectivity index (χ1) is 11.8. The van der Waals surface area contributed by atoms with Gasteiger partial charge in [0.15, 0.2) is 11.6 Å². The molecule has 0 spiro atoms. The van der Waals surface area contributed by atoms with Crippen LogP contribution >= 0.6 is 0 Å². The molecule has 1 saturated heterocycles. The van der Waals surface area contributed by atoms with Crippen molar-refractivity contribution in [1.82, 2.24) is 9.97 Å². The number of nitrogens with one attached hydrogen (secondary N) is 1. The van der Waals surface area contributed by atoms with Crippen molar-refractivity contribution >= 4 is 23.2 Å². The average Bonchev–Trinajstić information content (AvgIpc) is 3.13. The number of fused-ring (bicyclic) bond motifs is 1. The van der Waals surface area contributed by atoms with Gasteiger partial charge in [0, 0.05) is 19.6 Å². The molecule has 1 amide bonds. The van der Waals surface area contributed by atoms with E-state index in [0.717, 1.165) is 69.1 Å². The summed E-state index contributed by atoms with van der Waals surface area (Å²) >= 11 is 0. The standard InChI is InChI=1S/C18H29N5O/c1-3-5-9-14-18(24)23(12-6-4-2)15-16(21-14)19-13-20-17(15)22-10-7-8-11-22/h13-14H,3-12H2,1-2H3,(H,19,20,21)/t14-/m0/s1. The first-order valence-electron chi connectivity index (χ1n) is 9.44. The zero-order valence-electron chi connectivity index (χ0n) is 14.9. The number of hydrogen-bond acceptors (Lipinski definition) is 5. The van der Waals surface area contributed by atoms with Gasteiger partial charge in [0.05, 0.1) is 0 Å². The van der Waals surface area contributed by atoms with E-state index in [2.05, 4.69) is 34.0 Å². The highest BCUT2D eigenvalue weighted by atomic mass is 16.2. The minimum absolute atomic E-state index is 0.157. The summed E-state index contributed by atoms with van der Waals surface area (Å²) in [7, 11) is 0. The van der Waals surface area contributed by atoms with Gasteiger partial charge in [0.25, 0.3) is 0 Å². The van der Waals surface area contributed by atoms with Crippen molar-refractivity contribution in [3.63, 3.8) is 0 Å². The quantitative estimate of drug-likeness (QED) is 0.831. The number of amides is 1. The molecule has 1 atom stereocenters. The summed E-state index contributed by atoms with van der Waals surface area (Å²) < 4.78 is 0. The Morgan fingerprint density at radius 2 is 1.92 bits per heavy atom. The lowest BCUT2D eigenvalue weighted by atomic mass is 10.0. The molecule has 0 unspecified atom stereocenters. The van der Waals surface area contributed by atoms with E-state index in [4.69, 9.17) is 0 Å². The predicted octanol–water partition coefficient (Wildman–Crippen LogP) is 3.19. The fraction of sp³-hybridized carbons (Fsp3) is 0.722. The number of unbranched alkanes of at least 4 members (excludes halogenated alkanes) is 2. The molecule has 0 aromatic carbocycles. The van der Waals surface area contributed by atoms with Crippen LogP contribution in [-0.2, 0) is 4.79 Å². The van der Waals surface area contributed by atoms with Gasteiger partial charge in [-0.05, 0) is 25.7 Å². The molecule has 0 radical (unpaired) electrons. The smallest absolute Gasteiger partial charge is 0.249 e. The van der Waals surface area contributed by atoms with Gasteiger partial charge in [-0.1, -0.05) is 33.1 Å². The largest absolute Gasteiger partial charge is 0.356 e. The van der Waals surface area contributed by atoms with E-state index in [1.807, 2.05) is 4.90 Å². The molecule has 1 aromatic rings. The van der Waals surface area contributed by atoms with E-state index in [9.17, 15) is 4.79 Å². The number of hydrogen-bond donors (Lipinski definition) is 1. The topological polar surface area (TPSA) is 61.4 Å². The molecule has 6 heteroatoms. The molecule has 6 nitrogen and oxygen atoms in total. The second kappa shape index (κ2) is 7.81. The van der Waals surface area contributed by atoms with Crippen molar-refractivity contribution in [3.05, 3.63) is 6.33 Å².